The van der Waals surface area contributed by atoms with Crippen LogP contribution in [-0.4, -0.2) is 30.9 Å². The Hall–Kier alpha value is -0.910. The van der Waals surface area contributed by atoms with Crippen LogP contribution in [0.15, 0.2) is 24.3 Å². The lowest BCUT2D eigenvalue weighted by Crippen LogP contribution is -2.43. The van der Waals surface area contributed by atoms with Crippen LogP contribution in [0.3, 0.4) is 0 Å². The highest BCUT2D eigenvalue weighted by molar-refractivity contribution is 7.88. The zero-order valence-corrected chi connectivity index (χ0v) is 13.6. The second-order valence-corrected chi connectivity index (χ2v) is 8.10. The smallest absolute Gasteiger partial charge is 0.218 e. The number of rotatable bonds is 5. The molecule has 1 aromatic carbocycles. The maximum absolute atomic E-state index is 12.6. The van der Waals surface area contributed by atoms with Crippen molar-refractivity contribution in [2.24, 2.45) is 5.92 Å². The fourth-order valence-electron chi connectivity index (χ4n) is 3.10. The molecule has 0 radical (unpaired) electrons. The van der Waals surface area contributed by atoms with Gasteiger partial charge in [-0.05, 0) is 29.9 Å². The molecule has 1 saturated carbocycles. The Morgan fingerprint density at radius 2 is 1.71 bits per heavy atom. The number of nitrogens with zero attached hydrogens (tertiary/aromatic N) is 1. The maximum atomic E-state index is 12.6. The number of aliphatic hydroxyl groups is 1. The van der Waals surface area contributed by atoms with E-state index >= 15 is 0 Å². The predicted octanol–water partition coefficient (Wildman–Crippen LogP) is 2.52. The molecule has 1 fully saturated rings. The Bertz CT molecular complexity index is 553. The van der Waals surface area contributed by atoms with Gasteiger partial charge in [0.1, 0.15) is 0 Å². The van der Waals surface area contributed by atoms with E-state index in [0.29, 0.717) is 5.92 Å². The highest BCUT2D eigenvalue weighted by Crippen LogP contribution is 2.29. The van der Waals surface area contributed by atoms with Crippen LogP contribution in [0.2, 0.25) is 0 Å². The van der Waals surface area contributed by atoms with Crippen LogP contribution in [0.5, 0.6) is 0 Å². The average Bonchev–Trinajstić information content (AvgIpc) is 2.47. The Morgan fingerprint density at radius 1 is 1.14 bits per heavy atom. The summed E-state index contributed by atoms with van der Waals surface area (Å²) in [5.41, 5.74) is 1.56. The zero-order valence-electron chi connectivity index (χ0n) is 12.8. The van der Waals surface area contributed by atoms with Crippen molar-refractivity contribution in [1.29, 1.82) is 0 Å². The highest BCUT2D eigenvalue weighted by atomic mass is 32.2. The standard InChI is InChI=1S/C16H25NO3S/c1-13-5-3-4-6-16(13)17(2)21(19,20)12-15-9-7-14(11-18)8-10-15/h7-10,13,16,18H,3-6,11-12H2,1-2H3. The normalized spacial score (nSPS) is 23.4. The van der Waals surface area contributed by atoms with E-state index in [4.69, 9.17) is 5.11 Å². The first kappa shape index (κ1) is 16.5. The Kier molecular flexibility index (Phi) is 5.41. The molecule has 0 saturated heterocycles. The largest absolute Gasteiger partial charge is 0.392 e. The fourth-order valence-corrected chi connectivity index (χ4v) is 4.64. The van der Waals surface area contributed by atoms with Crippen molar-refractivity contribution in [1.82, 2.24) is 4.31 Å². The van der Waals surface area contributed by atoms with E-state index < -0.39 is 10.0 Å². The minimum atomic E-state index is -3.29. The van der Waals surface area contributed by atoms with Gasteiger partial charge >= 0.3 is 0 Å². The van der Waals surface area contributed by atoms with Crippen molar-refractivity contribution >= 4 is 10.0 Å². The van der Waals surface area contributed by atoms with Gasteiger partial charge in [0.05, 0.1) is 12.4 Å². The second kappa shape index (κ2) is 6.90. The quantitative estimate of drug-likeness (QED) is 0.909. The molecular weight excluding hydrogens is 286 g/mol. The van der Waals surface area contributed by atoms with Crippen molar-refractivity contribution in [2.75, 3.05) is 7.05 Å². The number of benzene rings is 1. The van der Waals surface area contributed by atoms with Crippen LogP contribution >= 0.6 is 0 Å². The molecule has 0 heterocycles. The molecule has 1 aromatic rings. The van der Waals surface area contributed by atoms with Crippen LogP contribution < -0.4 is 0 Å². The van der Waals surface area contributed by atoms with Gasteiger partial charge in [-0.15, -0.1) is 0 Å². The van der Waals surface area contributed by atoms with Crippen LogP contribution in [-0.2, 0) is 22.4 Å². The Morgan fingerprint density at radius 3 is 2.29 bits per heavy atom. The van der Waals surface area contributed by atoms with Crippen molar-refractivity contribution < 1.29 is 13.5 Å². The monoisotopic (exact) mass is 311 g/mol. The first-order valence-corrected chi connectivity index (χ1v) is 9.19. The highest BCUT2D eigenvalue weighted by Gasteiger charge is 2.31. The summed E-state index contributed by atoms with van der Waals surface area (Å²) in [6.45, 7) is 2.12. The topological polar surface area (TPSA) is 57.6 Å². The van der Waals surface area contributed by atoms with Crippen LogP contribution in [0.1, 0.15) is 43.7 Å². The molecule has 0 amide bonds. The van der Waals surface area contributed by atoms with E-state index in [2.05, 4.69) is 6.92 Å². The van der Waals surface area contributed by atoms with Crippen molar-refractivity contribution in [3.63, 3.8) is 0 Å². The summed E-state index contributed by atoms with van der Waals surface area (Å²) in [6.07, 6.45) is 4.38. The van der Waals surface area contributed by atoms with Crippen LogP contribution in [0.25, 0.3) is 0 Å². The molecule has 2 rings (SSSR count). The van der Waals surface area contributed by atoms with Gasteiger partial charge in [0.15, 0.2) is 0 Å². The number of hydrogen-bond donors (Lipinski definition) is 1. The van der Waals surface area contributed by atoms with Gasteiger partial charge in [0, 0.05) is 13.1 Å². The first-order valence-electron chi connectivity index (χ1n) is 7.58. The number of hydrogen-bond acceptors (Lipinski definition) is 3. The molecule has 2 atom stereocenters. The lowest BCUT2D eigenvalue weighted by molar-refractivity contribution is 0.213. The minimum Gasteiger partial charge on any atom is -0.392 e. The molecule has 2 unspecified atom stereocenters. The van der Waals surface area contributed by atoms with Crippen LogP contribution in [0, 0.1) is 5.92 Å². The summed E-state index contributed by atoms with van der Waals surface area (Å²) < 4.78 is 26.7. The summed E-state index contributed by atoms with van der Waals surface area (Å²) in [4.78, 5) is 0. The third-order valence-electron chi connectivity index (χ3n) is 4.53. The molecule has 1 aliphatic carbocycles. The van der Waals surface area contributed by atoms with Gasteiger partial charge in [0.25, 0.3) is 0 Å². The van der Waals surface area contributed by atoms with E-state index in [1.165, 1.54) is 6.42 Å². The van der Waals surface area contributed by atoms with Gasteiger partial charge in [0.2, 0.25) is 10.0 Å². The molecule has 0 aliphatic heterocycles. The average molecular weight is 311 g/mol. The SMILES string of the molecule is CC1CCCCC1N(C)S(=O)(=O)Cc1ccc(CO)cc1. The third kappa shape index (κ3) is 4.05. The lowest BCUT2D eigenvalue weighted by atomic mass is 9.86. The van der Waals surface area contributed by atoms with E-state index in [1.807, 2.05) is 0 Å². The molecule has 21 heavy (non-hydrogen) atoms. The molecule has 118 valence electrons. The lowest BCUT2D eigenvalue weighted by Gasteiger charge is -2.35. The van der Waals surface area contributed by atoms with Gasteiger partial charge in [-0.25, -0.2) is 12.7 Å². The van der Waals surface area contributed by atoms with Gasteiger partial charge in [-0.2, -0.15) is 0 Å². The summed E-state index contributed by atoms with van der Waals surface area (Å²) >= 11 is 0. The van der Waals surface area contributed by atoms with Gasteiger partial charge < -0.3 is 5.11 Å². The predicted molar refractivity (Wildman–Crippen MR) is 84.2 cm³/mol. The number of aliphatic hydroxyl groups excluding tert-OH is 1. The molecule has 0 bridgehead atoms. The van der Waals surface area contributed by atoms with E-state index in [1.54, 1.807) is 35.6 Å². The fraction of sp³-hybridized carbons (Fsp3) is 0.625. The van der Waals surface area contributed by atoms with Gasteiger partial charge in [-0.3, -0.25) is 0 Å². The minimum absolute atomic E-state index is 0.0213. The maximum Gasteiger partial charge on any atom is 0.218 e. The summed E-state index contributed by atoms with van der Waals surface area (Å²) in [7, 11) is -1.58. The van der Waals surface area contributed by atoms with E-state index in [0.717, 1.165) is 30.4 Å². The first-order chi connectivity index (χ1) is 9.94. The van der Waals surface area contributed by atoms with Crippen molar-refractivity contribution in [3.8, 4) is 0 Å². The van der Waals surface area contributed by atoms with Crippen LogP contribution in [0.4, 0.5) is 0 Å². The number of sulfonamides is 1. The summed E-state index contributed by atoms with van der Waals surface area (Å²) in [5, 5.41) is 9.02. The van der Waals surface area contributed by atoms with E-state index in [9.17, 15) is 8.42 Å². The molecule has 1 N–H and O–H groups in total. The van der Waals surface area contributed by atoms with Crippen molar-refractivity contribution in [2.45, 2.75) is 51.0 Å². The molecule has 0 spiro atoms. The third-order valence-corrected chi connectivity index (χ3v) is 6.37. The molecular formula is C16H25NO3S. The zero-order chi connectivity index (χ0) is 15.5. The van der Waals surface area contributed by atoms with Gasteiger partial charge in [-0.1, -0.05) is 44.0 Å². The molecule has 4 nitrogen and oxygen atoms in total. The molecule has 5 heteroatoms. The summed E-state index contributed by atoms with van der Waals surface area (Å²) in [5.74, 6) is 0.452. The molecule has 0 aromatic heterocycles. The Labute approximate surface area is 127 Å². The summed E-state index contributed by atoms with van der Waals surface area (Å²) in [6, 6.07) is 7.23. The second-order valence-electron chi connectivity index (χ2n) is 6.08. The molecule has 1 aliphatic rings. The van der Waals surface area contributed by atoms with E-state index in [-0.39, 0.29) is 18.4 Å². The van der Waals surface area contributed by atoms with Crippen molar-refractivity contribution in [3.05, 3.63) is 35.4 Å². The Balaban J connectivity index is 2.09.